The van der Waals surface area contributed by atoms with Crippen molar-refractivity contribution in [1.29, 1.82) is 0 Å². The first-order valence-corrected chi connectivity index (χ1v) is 7.72. The molecular formula is C19H19N3O2. The van der Waals surface area contributed by atoms with Crippen LogP contribution in [0.3, 0.4) is 0 Å². The highest BCUT2D eigenvalue weighted by atomic mass is 16.5. The van der Waals surface area contributed by atoms with Gasteiger partial charge >= 0.3 is 5.97 Å². The summed E-state index contributed by atoms with van der Waals surface area (Å²) < 4.78 is 5.43. The summed E-state index contributed by atoms with van der Waals surface area (Å²) >= 11 is 0. The number of nitrogens with zero attached hydrogens (tertiary/aromatic N) is 2. The molecule has 3 aromatic rings. The molecule has 0 amide bonds. The molecule has 0 aliphatic heterocycles. The Morgan fingerprint density at radius 1 is 1.04 bits per heavy atom. The van der Waals surface area contributed by atoms with Gasteiger partial charge in [-0.05, 0) is 31.5 Å². The van der Waals surface area contributed by atoms with Crippen LogP contribution in [-0.2, 0) is 21.6 Å². The van der Waals surface area contributed by atoms with Gasteiger partial charge in [-0.15, -0.1) is 0 Å². The van der Waals surface area contributed by atoms with Gasteiger partial charge < -0.3 is 10.5 Å². The predicted molar refractivity (Wildman–Crippen MR) is 93.2 cm³/mol. The topological polar surface area (TPSA) is 78.1 Å². The van der Waals surface area contributed by atoms with Crippen molar-refractivity contribution in [1.82, 2.24) is 9.97 Å². The number of anilines is 1. The van der Waals surface area contributed by atoms with Gasteiger partial charge in [0.15, 0.2) is 12.4 Å². The Hall–Kier alpha value is -2.95. The summed E-state index contributed by atoms with van der Waals surface area (Å²) in [5.74, 6) is 0.446. The number of para-hydroxylation sites is 1. The van der Waals surface area contributed by atoms with Crippen molar-refractivity contribution in [3.63, 3.8) is 0 Å². The van der Waals surface area contributed by atoms with Crippen LogP contribution in [-0.4, -0.2) is 15.9 Å². The van der Waals surface area contributed by atoms with Crippen molar-refractivity contribution in [3.05, 3.63) is 66.0 Å². The molecule has 3 rings (SSSR count). The smallest absolute Gasteiger partial charge is 0.316 e. The lowest BCUT2D eigenvalue weighted by Gasteiger charge is -2.22. The highest BCUT2D eigenvalue weighted by Crippen LogP contribution is 2.25. The highest BCUT2D eigenvalue weighted by molar-refractivity contribution is 5.87. The SMILES string of the molecule is CC(C)(C(=O)OCc1nc(N)c2ccccc2n1)c1ccccc1. The normalized spacial score (nSPS) is 11.4. The Balaban J connectivity index is 1.77. The average molecular weight is 321 g/mol. The number of carbonyl (C=O) groups excluding carboxylic acids is 1. The molecule has 0 aliphatic carbocycles. The first-order chi connectivity index (χ1) is 11.5. The van der Waals surface area contributed by atoms with Crippen molar-refractivity contribution < 1.29 is 9.53 Å². The molecule has 122 valence electrons. The van der Waals surface area contributed by atoms with E-state index in [1.807, 2.05) is 68.4 Å². The van der Waals surface area contributed by atoms with E-state index in [1.54, 1.807) is 0 Å². The number of carbonyl (C=O) groups is 1. The molecule has 1 heterocycles. The van der Waals surface area contributed by atoms with Crippen LogP contribution >= 0.6 is 0 Å². The van der Waals surface area contributed by atoms with Crippen LogP contribution in [0.5, 0.6) is 0 Å². The number of aromatic nitrogens is 2. The van der Waals surface area contributed by atoms with Gasteiger partial charge in [-0.1, -0.05) is 42.5 Å². The third kappa shape index (κ3) is 3.06. The maximum atomic E-state index is 12.5. The summed E-state index contributed by atoms with van der Waals surface area (Å²) in [4.78, 5) is 21.1. The van der Waals surface area contributed by atoms with E-state index in [0.717, 1.165) is 16.5 Å². The zero-order valence-corrected chi connectivity index (χ0v) is 13.7. The van der Waals surface area contributed by atoms with Crippen LogP contribution in [0.25, 0.3) is 10.9 Å². The van der Waals surface area contributed by atoms with Crippen molar-refractivity contribution >= 4 is 22.7 Å². The fourth-order valence-electron chi connectivity index (χ4n) is 2.50. The van der Waals surface area contributed by atoms with Crippen LogP contribution in [0.4, 0.5) is 5.82 Å². The Bertz CT molecular complexity index is 876. The van der Waals surface area contributed by atoms with E-state index >= 15 is 0 Å². The number of benzene rings is 2. The second-order valence-corrected chi connectivity index (χ2v) is 6.11. The third-order valence-corrected chi connectivity index (χ3v) is 4.02. The first kappa shape index (κ1) is 15.9. The molecule has 0 aliphatic rings. The Morgan fingerprint density at radius 2 is 1.71 bits per heavy atom. The van der Waals surface area contributed by atoms with Crippen molar-refractivity contribution in [3.8, 4) is 0 Å². The lowest BCUT2D eigenvalue weighted by Crippen LogP contribution is -2.31. The zero-order valence-electron chi connectivity index (χ0n) is 13.7. The molecule has 2 N–H and O–H groups in total. The molecule has 2 aromatic carbocycles. The molecule has 5 nitrogen and oxygen atoms in total. The van der Waals surface area contributed by atoms with Crippen LogP contribution in [0.15, 0.2) is 54.6 Å². The first-order valence-electron chi connectivity index (χ1n) is 7.72. The molecule has 0 atom stereocenters. The second kappa shape index (κ2) is 6.28. The highest BCUT2D eigenvalue weighted by Gasteiger charge is 2.31. The number of rotatable bonds is 4. The quantitative estimate of drug-likeness (QED) is 0.746. The van der Waals surface area contributed by atoms with Crippen LogP contribution in [0.1, 0.15) is 25.2 Å². The monoisotopic (exact) mass is 321 g/mol. The van der Waals surface area contributed by atoms with Gasteiger partial charge in [0.05, 0.1) is 10.9 Å². The van der Waals surface area contributed by atoms with Crippen molar-refractivity contribution in [2.75, 3.05) is 5.73 Å². The van der Waals surface area contributed by atoms with Gasteiger partial charge in [-0.2, -0.15) is 0 Å². The minimum Gasteiger partial charge on any atom is -0.457 e. The Kier molecular flexibility index (Phi) is 4.16. The summed E-state index contributed by atoms with van der Waals surface area (Å²) in [6, 6.07) is 17.0. The van der Waals surface area contributed by atoms with E-state index in [1.165, 1.54) is 0 Å². The molecule has 1 aromatic heterocycles. The van der Waals surface area contributed by atoms with Gasteiger partial charge in [0.25, 0.3) is 0 Å². The van der Waals surface area contributed by atoms with Crippen molar-refractivity contribution in [2.24, 2.45) is 0 Å². The second-order valence-electron chi connectivity index (χ2n) is 6.11. The Labute approximate surface area is 140 Å². The summed E-state index contributed by atoms with van der Waals surface area (Å²) in [5, 5.41) is 0.789. The molecule has 0 radical (unpaired) electrons. The molecule has 5 heteroatoms. The summed E-state index contributed by atoms with van der Waals surface area (Å²) in [5.41, 5.74) is 6.83. The third-order valence-electron chi connectivity index (χ3n) is 4.02. The number of esters is 1. The lowest BCUT2D eigenvalue weighted by molar-refractivity contribution is -0.151. The molecule has 0 fully saturated rings. The van der Waals surface area contributed by atoms with Crippen LogP contribution in [0, 0.1) is 0 Å². The lowest BCUT2D eigenvalue weighted by atomic mass is 9.85. The maximum Gasteiger partial charge on any atom is 0.316 e. The molecule has 24 heavy (non-hydrogen) atoms. The molecular weight excluding hydrogens is 302 g/mol. The summed E-state index contributed by atoms with van der Waals surface area (Å²) in [7, 11) is 0. The summed E-state index contributed by atoms with van der Waals surface area (Å²) in [6.45, 7) is 3.66. The van der Waals surface area contributed by atoms with Crippen LogP contribution in [0.2, 0.25) is 0 Å². The van der Waals surface area contributed by atoms with Gasteiger partial charge in [0.2, 0.25) is 0 Å². The fraction of sp³-hybridized carbons (Fsp3) is 0.211. The van der Waals surface area contributed by atoms with E-state index in [0.29, 0.717) is 11.6 Å². The molecule has 0 saturated carbocycles. The molecule has 0 bridgehead atoms. The van der Waals surface area contributed by atoms with Gasteiger partial charge in [0, 0.05) is 5.39 Å². The minimum atomic E-state index is -0.746. The van der Waals surface area contributed by atoms with E-state index < -0.39 is 5.41 Å². The van der Waals surface area contributed by atoms with Gasteiger partial charge in [0.1, 0.15) is 5.82 Å². The zero-order chi connectivity index (χ0) is 17.2. The summed E-state index contributed by atoms with van der Waals surface area (Å²) in [6.07, 6.45) is 0. The Morgan fingerprint density at radius 3 is 2.46 bits per heavy atom. The largest absolute Gasteiger partial charge is 0.457 e. The number of nitrogen functional groups attached to an aromatic ring is 1. The minimum absolute atomic E-state index is 0.00979. The standard InChI is InChI=1S/C19H19N3O2/c1-19(2,13-8-4-3-5-9-13)18(23)24-12-16-21-15-11-7-6-10-14(15)17(20)22-16/h3-11H,12H2,1-2H3,(H2,20,21,22). The number of nitrogens with two attached hydrogens (primary N) is 1. The van der Waals surface area contributed by atoms with Gasteiger partial charge in [-0.25, -0.2) is 9.97 Å². The number of hydrogen-bond donors (Lipinski definition) is 1. The number of fused-ring (bicyclic) bond motifs is 1. The molecule has 0 spiro atoms. The fourth-order valence-corrected chi connectivity index (χ4v) is 2.50. The van der Waals surface area contributed by atoms with Gasteiger partial charge in [-0.3, -0.25) is 4.79 Å². The number of hydrogen-bond acceptors (Lipinski definition) is 5. The van der Waals surface area contributed by atoms with E-state index in [-0.39, 0.29) is 12.6 Å². The van der Waals surface area contributed by atoms with E-state index in [9.17, 15) is 4.79 Å². The van der Waals surface area contributed by atoms with E-state index in [4.69, 9.17) is 10.5 Å². The molecule has 0 unspecified atom stereocenters. The average Bonchev–Trinajstić information content (AvgIpc) is 2.60. The maximum absolute atomic E-state index is 12.5. The van der Waals surface area contributed by atoms with E-state index in [2.05, 4.69) is 9.97 Å². The predicted octanol–water partition coefficient (Wildman–Crippen LogP) is 3.23. The number of ether oxygens (including phenoxy) is 1. The molecule has 0 saturated heterocycles. The van der Waals surface area contributed by atoms with Crippen LogP contribution < -0.4 is 5.73 Å². The van der Waals surface area contributed by atoms with Crippen molar-refractivity contribution in [2.45, 2.75) is 25.9 Å².